The Morgan fingerprint density at radius 2 is 0.878 bits per heavy atom. The summed E-state index contributed by atoms with van der Waals surface area (Å²) in [6.07, 6.45) is 3.41. The molecule has 0 bridgehead atoms. The van der Waals surface area contributed by atoms with Gasteiger partial charge in [-0.1, -0.05) is 24.3 Å². The fourth-order valence-electron chi connectivity index (χ4n) is 8.16. The molecular formula is C54H46N6Na2O12. The third-order valence-corrected chi connectivity index (χ3v) is 11.7. The van der Waals surface area contributed by atoms with Crippen molar-refractivity contribution in [2.45, 2.75) is 13.8 Å². The molecule has 366 valence electrons. The summed E-state index contributed by atoms with van der Waals surface area (Å²) in [5.41, 5.74) is 14.2. The van der Waals surface area contributed by atoms with Crippen LogP contribution in [0.5, 0.6) is 11.5 Å². The number of carboxylic acid groups (broad SMARTS) is 2. The maximum Gasteiger partial charge on any atom is 1.00 e. The molecule has 4 heterocycles. The summed E-state index contributed by atoms with van der Waals surface area (Å²) in [7, 11) is 0. The van der Waals surface area contributed by atoms with Crippen molar-refractivity contribution in [3.63, 3.8) is 0 Å². The van der Waals surface area contributed by atoms with Crippen LogP contribution in [0, 0.1) is 13.8 Å². The number of hydrogen-bond acceptors (Lipinski definition) is 14. The molecule has 20 heteroatoms. The fraction of sp³-hybridized carbons (Fsp3) is 0.148. The van der Waals surface area contributed by atoms with Crippen LogP contribution < -0.4 is 101 Å². The Morgan fingerprint density at radius 3 is 1.27 bits per heavy atom. The number of aromatic carboxylic acids is 2. The van der Waals surface area contributed by atoms with Gasteiger partial charge >= 0.3 is 59.1 Å². The second-order valence-corrected chi connectivity index (χ2v) is 16.3. The van der Waals surface area contributed by atoms with Crippen LogP contribution in [0.4, 0.5) is 23.0 Å². The van der Waals surface area contributed by atoms with Gasteiger partial charge in [-0.05, 0) is 111 Å². The zero-order valence-electron chi connectivity index (χ0n) is 40.9. The summed E-state index contributed by atoms with van der Waals surface area (Å²) in [4.78, 5) is 77.8. The Morgan fingerprint density at radius 1 is 0.486 bits per heavy atom. The van der Waals surface area contributed by atoms with E-state index in [1.54, 1.807) is 120 Å². The zero-order valence-corrected chi connectivity index (χ0v) is 44.9. The standard InChI is InChI=1S/C54H48N6O12.2Na/c1-31-45(47(61)33-15-17-41(55)39(29-33)53(65)66)43-13-3-5-19-59(43)49(31)57-51(63)35-9-7-11-37(27-35)71-25-23-69-21-22-70-24-26-72-38-12-8-10-36(28-38)52(64)58-50-32(2)46(44-14-4-6-20-60(44)50)48(62)34-16-18-42(56)40(30-34)54(67)68;;/h3-20,27-30H,21-26,55-56H2,1-2H3,(H,57,63)(H,58,64)(H,65,66)(H,67,68);;/q;2*+1/p-2. The molecule has 18 nitrogen and oxygen atoms in total. The minimum absolute atomic E-state index is 0. The number of nitrogens with one attached hydrogen (secondary N) is 2. The topological polar surface area (TPSA) is 270 Å². The third-order valence-electron chi connectivity index (χ3n) is 11.7. The number of ketones is 2. The van der Waals surface area contributed by atoms with Gasteiger partial charge in [-0.15, -0.1) is 0 Å². The molecule has 0 fully saturated rings. The number of carboxylic acids is 2. The molecule has 6 N–H and O–H groups in total. The molecule has 0 atom stereocenters. The predicted molar refractivity (Wildman–Crippen MR) is 263 cm³/mol. The van der Waals surface area contributed by atoms with Gasteiger partial charge in [-0.3, -0.25) is 19.2 Å². The Bertz CT molecular complexity index is 3220. The van der Waals surface area contributed by atoms with Crippen molar-refractivity contribution in [3.05, 3.63) is 189 Å². The van der Waals surface area contributed by atoms with Crippen LogP contribution in [0.15, 0.2) is 134 Å². The van der Waals surface area contributed by atoms with Crippen LogP contribution in [-0.2, 0) is 9.47 Å². The van der Waals surface area contributed by atoms with Crippen molar-refractivity contribution in [2.24, 2.45) is 0 Å². The van der Waals surface area contributed by atoms with Gasteiger partial charge in [-0.2, -0.15) is 0 Å². The number of aromatic nitrogens is 2. The molecule has 0 spiro atoms. The first-order valence-electron chi connectivity index (χ1n) is 22.5. The van der Waals surface area contributed by atoms with Gasteiger partial charge in [0, 0.05) is 68.3 Å². The number of ether oxygens (including phenoxy) is 4. The Kier molecular flexibility index (Phi) is 19.0. The second kappa shape index (κ2) is 25.1. The normalized spacial score (nSPS) is 10.8. The maximum atomic E-state index is 13.8. The van der Waals surface area contributed by atoms with Crippen molar-refractivity contribution < 1.29 is 117 Å². The minimum atomic E-state index is -1.50. The number of carbonyl (C=O) groups excluding carboxylic acids is 6. The summed E-state index contributed by atoms with van der Waals surface area (Å²) in [6, 6.07) is 31.6. The molecule has 4 aromatic heterocycles. The van der Waals surface area contributed by atoms with Gasteiger partial charge in [0.25, 0.3) is 11.8 Å². The molecule has 4 aromatic carbocycles. The molecule has 8 rings (SSSR count). The number of benzene rings is 4. The molecule has 74 heavy (non-hydrogen) atoms. The molecular weight excluding hydrogens is 971 g/mol. The van der Waals surface area contributed by atoms with Crippen molar-refractivity contribution in [2.75, 3.05) is 61.7 Å². The van der Waals surface area contributed by atoms with Crippen LogP contribution in [-0.4, -0.2) is 83.8 Å². The van der Waals surface area contributed by atoms with Gasteiger partial charge in [-0.25, -0.2) is 0 Å². The Labute approximate surface area is 468 Å². The number of pyridine rings is 2. The monoisotopic (exact) mass is 1020 g/mol. The zero-order chi connectivity index (χ0) is 51.1. The van der Waals surface area contributed by atoms with E-state index < -0.39 is 35.3 Å². The van der Waals surface area contributed by atoms with Gasteiger partial charge in [0.05, 0.1) is 60.5 Å². The third kappa shape index (κ3) is 12.4. The first kappa shape index (κ1) is 56.0. The Hall–Kier alpha value is -7.26. The van der Waals surface area contributed by atoms with Crippen molar-refractivity contribution in [1.29, 1.82) is 0 Å². The van der Waals surface area contributed by atoms with E-state index in [2.05, 4.69) is 10.6 Å². The number of nitrogen functional groups attached to an aromatic ring is 2. The predicted octanol–water partition coefficient (Wildman–Crippen LogP) is -0.834. The summed E-state index contributed by atoms with van der Waals surface area (Å²) >= 11 is 0. The van der Waals surface area contributed by atoms with E-state index in [9.17, 15) is 39.0 Å². The average Bonchev–Trinajstić information content (AvgIpc) is 3.82. The van der Waals surface area contributed by atoms with E-state index in [-0.39, 0.29) is 144 Å². The number of anilines is 4. The van der Waals surface area contributed by atoms with Crippen molar-refractivity contribution in [3.8, 4) is 11.5 Å². The van der Waals surface area contributed by atoms with Crippen LogP contribution in [0.1, 0.15) is 84.4 Å². The van der Waals surface area contributed by atoms with Gasteiger partial charge in [0.2, 0.25) is 0 Å². The van der Waals surface area contributed by atoms with Crippen molar-refractivity contribution >= 4 is 69.4 Å². The number of nitrogens with zero attached hydrogens (tertiary/aromatic N) is 2. The van der Waals surface area contributed by atoms with Crippen LogP contribution in [0.3, 0.4) is 0 Å². The molecule has 0 aliphatic carbocycles. The van der Waals surface area contributed by atoms with E-state index in [1.807, 2.05) is 0 Å². The molecule has 0 aliphatic heterocycles. The summed E-state index contributed by atoms with van der Waals surface area (Å²) in [6.45, 7) is 4.78. The molecule has 0 unspecified atom stereocenters. The first-order valence-corrected chi connectivity index (χ1v) is 22.5. The minimum Gasteiger partial charge on any atom is -0.545 e. The molecule has 0 saturated heterocycles. The van der Waals surface area contributed by atoms with E-state index in [4.69, 9.17) is 30.4 Å². The van der Waals surface area contributed by atoms with E-state index in [1.165, 1.54) is 36.4 Å². The van der Waals surface area contributed by atoms with E-state index in [0.717, 1.165) is 0 Å². The van der Waals surface area contributed by atoms with Gasteiger partial charge < -0.3 is 69.7 Å². The molecule has 0 aliphatic rings. The number of amides is 2. The molecule has 2 amide bonds. The van der Waals surface area contributed by atoms with E-state index >= 15 is 0 Å². The number of rotatable bonds is 21. The second-order valence-electron chi connectivity index (χ2n) is 16.3. The van der Waals surface area contributed by atoms with Crippen LogP contribution >= 0.6 is 0 Å². The maximum absolute atomic E-state index is 13.8. The number of carbonyl (C=O) groups is 6. The van der Waals surface area contributed by atoms with Gasteiger partial charge in [0.15, 0.2) is 11.6 Å². The van der Waals surface area contributed by atoms with E-state index in [0.29, 0.717) is 56.4 Å². The molecule has 0 saturated carbocycles. The Balaban J connectivity index is 0.00000446. The van der Waals surface area contributed by atoms with Gasteiger partial charge in [0.1, 0.15) is 36.3 Å². The summed E-state index contributed by atoms with van der Waals surface area (Å²) in [5, 5.41) is 29.0. The number of hydrogen-bond donors (Lipinski definition) is 4. The SMILES string of the molecule is Cc1c(C(=O)c2ccc(N)c(C(=O)[O-])c2)c2ccccn2c1NC(=O)c1cccc(OCCOCCOCCOc2cccc(C(=O)Nc3c(C)c(C(=O)c4ccc(N)c(C(=O)[O-])c4)c4ccccn34)c2)c1.[Na+].[Na+]. The largest absolute Gasteiger partial charge is 1.00 e. The van der Waals surface area contributed by atoms with Crippen LogP contribution in [0.25, 0.3) is 11.0 Å². The summed E-state index contributed by atoms with van der Waals surface area (Å²) in [5.74, 6) is -3.23. The number of nitrogens with two attached hydrogens (primary N) is 2. The molecule has 8 aromatic rings. The quantitative estimate of drug-likeness (QED) is 0.0296. The van der Waals surface area contributed by atoms with Crippen LogP contribution in [0.2, 0.25) is 0 Å². The first-order chi connectivity index (χ1) is 34.7. The molecule has 0 radical (unpaired) electrons. The smallest absolute Gasteiger partial charge is 0.545 e. The van der Waals surface area contributed by atoms with Crippen molar-refractivity contribution in [1.82, 2.24) is 8.80 Å². The average molecular weight is 1020 g/mol. The number of fused-ring (bicyclic) bond motifs is 2. The summed E-state index contributed by atoms with van der Waals surface area (Å²) < 4.78 is 26.4. The fourth-order valence-corrected chi connectivity index (χ4v) is 8.16.